The van der Waals surface area contributed by atoms with Crippen LogP contribution in [0.1, 0.15) is 42.5 Å². The summed E-state index contributed by atoms with van der Waals surface area (Å²) in [6.45, 7) is 4.26. The molecule has 0 spiro atoms. The summed E-state index contributed by atoms with van der Waals surface area (Å²) in [7, 11) is 1.37. The van der Waals surface area contributed by atoms with Crippen LogP contribution in [-0.4, -0.2) is 29.1 Å². The molecule has 0 aliphatic carbocycles. The van der Waals surface area contributed by atoms with E-state index in [-0.39, 0.29) is 18.1 Å². The number of esters is 1. The Balaban J connectivity index is 1.61. The quantitative estimate of drug-likeness (QED) is 0.568. The van der Waals surface area contributed by atoms with Crippen molar-refractivity contribution in [3.8, 4) is 0 Å². The molecule has 2 heterocycles. The lowest BCUT2D eigenvalue weighted by Crippen LogP contribution is -2.38. The fourth-order valence-electron chi connectivity index (χ4n) is 4.10. The van der Waals surface area contributed by atoms with Gasteiger partial charge in [0.1, 0.15) is 5.82 Å². The molecule has 2 aliphatic heterocycles. The van der Waals surface area contributed by atoms with E-state index in [0.29, 0.717) is 24.2 Å². The van der Waals surface area contributed by atoms with Gasteiger partial charge in [-0.05, 0) is 42.0 Å². The van der Waals surface area contributed by atoms with Gasteiger partial charge in [-0.2, -0.15) is 0 Å². The summed E-state index contributed by atoms with van der Waals surface area (Å²) in [5.74, 6) is -0.920. The van der Waals surface area contributed by atoms with Gasteiger partial charge >= 0.3 is 5.97 Å². The van der Waals surface area contributed by atoms with Crippen LogP contribution < -0.4 is 5.32 Å². The Kier molecular flexibility index (Phi) is 7.17. The highest BCUT2D eigenvalue weighted by Crippen LogP contribution is 2.45. The number of aryl methyl sites for hydroxylation is 1. The van der Waals surface area contributed by atoms with E-state index in [1.165, 1.54) is 31.0 Å². The average molecular weight is 480 g/mol. The van der Waals surface area contributed by atoms with Crippen LogP contribution in [0.2, 0.25) is 0 Å². The molecule has 4 rings (SSSR count). The lowest BCUT2D eigenvalue weighted by Gasteiger charge is -2.36. The van der Waals surface area contributed by atoms with Crippen molar-refractivity contribution in [3.63, 3.8) is 0 Å². The Morgan fingerprint density at radius 2 is 1.97 bits per heavy atom. The van der Waals surface area contributed by atoms with Gasteiger partial charge in [-0.3, -0.25) is 4.79 Å². The lowest BCUT2D eigenvalue weighted by molar-refractivity contribution is -0.136. The summed E-state index contributed by atoms with van der Waals surface area (Å²) in [4.78, 5) is 32.4. The van der Waals surface area contributed by atoms with Crippen molar-refractivity contribution in [3.05, 3.63) is 93.4 Å². The van der Waals surface area contributed by atoms with Crippen molar-refractivity contribution < 1.29 is 18.7 Å². The van der Waals surface area contributed by atoms with Crippen LogP contribution in [0.25, 0.3) is 0 Å². The number of nitrogens with one attached hydrogen (secondary N) is 1. The van der Waals surface area contributed by atoms with Gasteiger partial charge in [0.25, 0.3) is 0 Å². The number of carbonyl (C=O) groups is 2. The van der Waals surface area contributed by atoms with E-state index in [1.54, 1.807) is 12.1 Å². The Hall–Kier alpha value is -3.39. The first kappa shape index (κ1) is 23.8. The molecule has 0 fully saturated rings. The minimum atomic E-state index is -0.444. The zero-order valence-corrected chi connectivity index (χ0v) is 20.1. The molecule has 2 aromatic carbocycles. The number of thioether (sulfide) groups is 1. The lowest BCUT2D eigenvalue weighted by atomic mass is 9.92. The molecule has 6 nitrogen and oxygen atoms in total. The summed E-state index contributed by atoms with van der Waals surface area (Å²) < 4.78 is 18.3. The number of halogens is 1. The fourth-order valence-corrected chi connectivity index (χ4v) is 5.04. The van der Waals surface area contributed by atoms with Crippen LogP contribution in [-0.2, 0) is 20.9 Å². The molecule has 176 valence electrons. The first-order chi connectivity index (χ1) is 16.4. The molecule has 0 bridgehead atoms. The van der Waals surface area contributed by atoms with Crippen LogP contribution in [0, 0.1) is 12.7 Å². The minimum Gasteiger partial charge on any atom is -0.466 e. The Bertz CT molecular complexity index is 1200. The van der Waals surface area contributed by atoms with Gasteiger partial charge in [0.2, 0.25) is 5.91 Å². The molecule has 0 radical (unpaired) electrons. The average Bonchev–Trinajstić information content (AvgIpc) is 3.24. The van der Waals surface area contributed by atoms with Crippen molar-refractivity contribution in [1.29, 1.82) is 0 Å². The monoisotopic (exact) mass is 479 g/mol. The molecule has 0 aromatic heterocycles. The maximum Gasteiger partial charge on any atom is 0.338 e. The molecule has 1 amide bonds. The van der Waals surface area contributed by atoms with Gasteiger partial charge in [-0.1, -0.05) is 60.6 Å². The highest BCUT2D eigenvalue weighted by molar-refractivity contribution is 8.16. The zero-order chi connectivity index (χ0) is 24.2. The van der Waals surface area contributed by atoms with E-state index < -0.39 is 12.0 Å². The largest absolute Gasteiger partial charge is 0.466 e. The number of aliphatic imine (C=N–C) groups is 1. The van der Waals surface area contributed by atoms with E-state index in [2.05, 4.69) is 5.32 Å². The third kappa shape index (κ3) is 4.92. The van der Waals surface area contributed by atoms with Crippen LogP contribution >= 0.6 is 11.8 Å². The highest BCUT2D eigenvalue weighted by Gasteiger charge is 2.41. The maximum atomic E-state index is 13.1. The Labute approximate surface area is 202 Å². The normalized spacial score (nSPS) is 17.2. The summed E-state index contributed by atoms with van der Waals surface area (Å²) in [5, 5.41) is 5.53. The topological polar surface area (TPSA) is 71.0 Å². The van der Waals surface area contributed by atoms with E-state index in [9.17, 15) is 14.0 Å². The third-order valence-corrected chi connectivity index (χ3v) is 6.62. The van der Waals surface area contributed by atoms with Crippen LogP contribution in [0.5, 0.6) is 0 Å². The minimum absolute atomic E-state index is 0.117. The van der Waals surface area contributed by atoms with E-state index in [1.807, 2.05) is 48.4 Å². The molecule has 1 unspecified atom stereocenters. The van der Waals surface area contributed by atoms with Gasteiger partial charge in [0, 0.05) is 12.2 Å². The van der Waals surface area contributed by atoms with E-state index in [4.69, 9.17) is 9.73 Å². The second-order valence-electron chi connectivity index (χ2n) is 8.09. The number of nitrogens with zero attached hydrogens (tertiary/aromatic N) is 2. The smallest absolute Gasteiger partial charge is 0.338 e. The fraction of sp³-hybridized carbons (Fsp3) is 0.269. The van der Waals surface area contributed by atoms with Crippen molar-refractivity contribution >= 4 is 28.8 Å². The number of fused-ring (bicyclic) bond motifs is 1. The number of amidine groups is 1. The molecule has 34 heavy (non-hydrogen) atoms. The second-order valence-corrected chi connectivity index (χ2v) is 8.93. The molecule has 2 aromatic rings. The molecular formula is C26H26FN3O3S. The molecule has 2 aliphatic rings. The number of rotatable bonds is 7. The van der Waals surface area contributed by atoms with Gasteiger partial charge in [0.05, 0.1) is 30.8 Å². The van der Waals surface area contributed by atoms with Gasteiger partial charge in [0.15, 0.2) is 5.17 Å². The predicted molar refractivity (Wildman–Crippen MR) is 131 cm³/mol. The molecule has 1 atom stereocenters. The van der Waals surface area contributed by atoms with Gasteiger partial charge < -0.3 is 15.0 Å². The van der Waals surface area contributed by atoms with E-state index in [0.717, 1.165) is 27.6 Å². The first-order valence-corrected chi connectivity index (χ1v) is 11.9. The molecular weight excluding hydrogens is 453 g/mol. The van der Waals surface area contributed by atoms with Crippen molar-refractivity contribution in [2.45, 2.75) is 39.3 Å². The predicted octanol–water partition coefficient (Wildman–Crippen LogP) is 4.98. The number of carbonyl (C=O) groups excluding carboxylic acids is 2. The zero-order valence-electron chi connectivity index (χ0n) is 19.3. The second kappa shape index (κ2) is 10.3. The van der Waals surface area contributed by atoms with Gasteiger partial charge in [-0.15, -0.1) is 0 Å². The third-order valence-electron chi connectivity index (χ3n) is 5.73. The number of ether oxygens (including phenoxy) is 1. The molecule has 1 N–H and O–H groups in total. The number of amides is 1. The Morgan fingerprint density at radius 1 is 1.21 bits per heavy atom. The number of allylic oxidation sites excluding steroid dienone is 1. The van der Waals surface area contributed by atoms with Gasteiger partial charge in [-0.25, -0.2) is 14.2 Å². The van der Waals surface area contributed by atoms with E-state index >= 15 is 0 Å². The highest BCUT2D eigenvalue weighted by atomic mass is 32.2. The van der Waals surface area contributed by atoms with Crippen LogP contribution in [0.4, 0.5) is 4.39 Å². The standard InChI is InChI=1S/C26H26FN3O3S/c1-4-21-23(25(32)33-3)24(18-7-5-6-16(2)12-18)30-20(15-34-26(30)29-21)13-22(31)28-14-17-8-10-19(27)11-9-17/h5-12,15,24H,4,13-14H2,1-3H3,(H,28,31). The summed E-state index contributed by atoms with van der Waals surface area (Å²) in [6.07, 6.45) is 0.698. The SMILES string of the molecule is CCC1=C(C(=O)OC)C(c2cccc(C)c2)N2C(CC(=O)NCc3ccc(F)cc3)=CSC2=N1. The summed E-state index contributed by atoms with van der Waals surface area (Å²) in [5.41, 5.74) is 4.73. The molecule has 8 heteroatoms. The molecule has 0 saturated carbocycles. The van der Waals surface area contributed by atoms with Crippen LogP contribution in [0.3, 0.4) is 0 Å². The number of hydrogen-bond donors (Lipinski definition) is 1. The van der Waals surface area contributed by atoms with Crippen molar-refractivity contribution in [2.75, 3.05) is 7.11 Å². The number of benzene rings is 2. The summed E-state index contributed by atoms with van der Waals surface area (Å²) >= 11 is 1.44. The number of hydrogen-bond acceptors (Lipinski definition) is 6. The number of methoxy groups -OCH3 is 1. The summed E-state index contributed by atoms with van der Waals surface area (Å²) in [6, 6.07) is 13.6. The van der Waals surface area contributed by atoms with Crippen molar-refractivity contribution in [2.24, 2.45) is 4.99 Å². The maximum absolute atomic E-state index is 13.1. The first-order valence-electron chi connectivity index (χ1n) is 11.0. The Morgan fingerprint density at radius 3 is 2.65 bits per heavy atom. The van der Waals surface area contributed by atoms with Crippen molar-refractivity contribution in [1.82, 2.24) is 10.2 Å². The molecule has 0 saturated heterocycles. The van der Waals surface area contributed by atoms with Crippen LogP contribution in [0.15, 0.2) is 75.9 Å².